The standard InChI is InChI=1S/C35H22NO.C12H10N.Ir/c1-2-13-34-31(9-1)32-11-6-10-30(35(32)37-34)27-20-18-25(19-21-27)24-14-16-26(17-15-24)28-7-5-8-29(23-28)33-12-3-4-22-36-33;1-10-6-5-9-12(13-10)11-7-3-2-4-8-11;/h1-7,9-23H;2-7,9H,1H3;/q2*-1;. The summed E-state index contributed by atoms with van der Waals surface area (Å²) in [5, 5.41) is 2.30. The minimum absolute atomic E-state index is 0. The molecule has 1 radical (unpaired) electrons. The molecule has 3 nitrogen and oxygen atoms in total. The predicted octanol–water partition coefficient (Wildman–Crippen LogP) is 12.3. The molecule has 0 fully saturated rings. The van der Waals surface area contributed by atoms with Crippen molar-refractivity contribution < 1.29 is 24.5 Å². The zero-order valence-electron chi connectivity index (χ0n) is 27.9. The van der Waals surface area contributed by atoms with Crippen molar-refractivity contribution >= 4 is 21.9 Å². The van der Waals surface area contributed by atoms with E-state index in [9.17, 15) is 0 Å². The van der Waals surface area contributed by atoms with E-state index in [-0.39, 0.29) is 20.1 Å². The van der Waals surface area contributed by atoms with Crippen LogP contribution >= 0.6 is 0 Å². The van der Waals surface area contributed by atoms with E-state index in [1.54, 1.807) is 0 Å². The van der Waals surface area contributed by atoms with Crippen LogP contribution in [0.2, 0.25) is 0 Å². The molecule has 0 aliphatic carbocycles. The Kier molecular flexibility index (Phi) is 10.1. The number of pyridine rings is 2. The van der Waals surface area contributed by atoms with Crippen LogP contribution in [0.15, 0.2) is 180 Å². The third kappa shape index (κ3) is 7.34. The molecule has 6 aromatic carbocycles. The molecule has 0 aliphatic rings. The van der Waals surface area contributed by atoms with E-state index in [1.807, 2.05) is 92.0 Å². The van der Waals surface area contributed by atoms with E-state index < -0.39 is 0 Å². The number of rotatable bonds is 5. The van der Waals surface area contributed by atoms with Gasteiger partial charge in [0.15, 0.2) is 0 Å². The van der Waals surface area contributed by atoms with Crippen molar-refractivity contribution in [1.82, 2.24) is 9.97 Å². The van der Waals surface area contributed by atoms with Crippen LogP contribution < -0.4 is 0 Å². The predicted molar refractivity (Wildman–Crippen MR) is 205 cm³/mol. The Labute approximate surface area is 311 Å². The van der Waals surface area contributed by atoms with Crippen molar-refractivity contribution in [2.24, 2.45) is 0 Å². The second-order valence-electron chi connectivity index (χ2n) is 12.1. The van der Waals surface area contributed by atoms with Gasteiger partial charge >= 0.3 is 0 Å². The molecule has 0 unspecified atom stereocenters. The maximum absolute atomic E-state index is 6.24. The smallest absolute Gasteiger partial charge is 0.143 e. The molecule has 0 saturated heterocycles. The van der Waals surface area contributed by atoms with Crippen molar-refractivity contribution in [3.63, 3.8) is 0 Å². The molecule has 0 spiro atoms. The van der Waals surface area contributed by atoms with E-state index in [1.165, 1.54) is 16.7 Å². The molecule has 4 heteroatoms. The molecule has 3 heterocycles. The van der Waals surface area contributed by atoms with E-state index in [4.69, 9.17) is 4.42 Å². The Balaban J connectivity index is 0.000000245. The second kappa shape index (κ2) is 15.3. The quantitative estimate of drug-likeness (QED) is 0.162. The van der Waals surface area contributed by atoms with Gasteiger partial charge in [0.05, 0.1) is 0 Å². The fraction of sp³-hybridized carbons (Fsp3) is 0.0213. The molecule has 247 valence electrons. The summed E-state index contributed by atoms with van der Waals surface area (Å²) < 4.78 is 6.24. The molecule has 0 N–H and O–H groups in total. The Morgan fingerprint density at radius 1 is 0.490 bits per heavy atom. The van der Waals surface area contributed by atoms with E-state index in [2.05, 4.69) is 113 Å². The summed E-state index contributed by atoms with van der Waals surface area (Å²) in [5.41, 5.74) is 13.8. The average molecular weight is 833 g/mol. The van der Waals surface area contributed by atoms with Crippen molar-refractivity contribution in [3.05, 3.63) is 194 Å². The van der Waals surface area contributed by atoms with Crippen LogP contribution in [-0.2, 0) is 20.1 Å². The van der Waals surface area contributed by atoms with Crippen LogP contribution in [0.4, 0.5) is 0 Å². The zero-order valence-corrected chi connectivity index (χ0v) is 30.3. The van der Waals surface area contributed by atoms with Crippen molar-refractivity contribution in [3.8, 4) is 55.9 Å². The van der Waals surface area contributed by atoms with Gasteiger partial charge in [0.25, 0.3) is 0 Å². The minimum Gasteiger partial charge on any atom is -0.455 e. The summed E-state index contributed by atoms with van der Waals surface area (Å²) in [6.07, 6.45) is 1.81. The van der Waals surface area contributed by atoms with Crippen molar-refractivity contribution in [2.75, 3.05) is 0 Å². The Morgan fingerprint density at radius 3 is 1.86 bits per heavy atom. The second-order valence-corrected chi connectivity index (χ2v) is 12.1. The maximum atomic E-state index is 6.24. The van der Waals surface area contributed by atoms with Crippen molar-refractivity contribution in [2.45, 2.75) is 6.92 Å². The first-order valence-corrected chi connectivity index (χ1v) is 16.6. The molecule has 3 aromatic heterocycles. The minimum atomic E-state index is 0. The number of para-hydroxylation sites is 2. The summed E-state index contributed by atoms with van der Waals surface area (Å²) in [5.74, 6) is 0. The molecule has 0 atom stereocenters. The maximum Gasteiger partial charge on any atom is 0.143 e. The van der Waals surface area contributed by atoms with Crippen LogP contribution in [0.5, 0.6) is 0 Å². The fourth-order valence-electron chi connectivity index (χ4n) is 6.23. The summed E-state index contributed by atoms with van der Waals surface area (Å²) in [4.78, 5) is 8.87. The van der Waals surface area contributed by atoms with Gasteiger partial charge in [-0.15, -0.1) is 71.3 Å². The molecule has 0 amide bonds. The summed E-state index contributed by atoms with van der Waals surface area (Å²) in [6.45, 7) is 1.99. The number of nitrogens with zero attached hydrogens (tertiary/aromatic N) is 2. The first kappa shape index (κ1) is 33.6. The van der Waals surface area contributed by atoms with Gasteiger partial charge in [-0.2, -0.15) is 0 Å². The first-order chi connectivity index (χ1) is 24.7. The summed E-state index contributed by atoms with van der Waals surface area (Å²) >= 11 is 0. The Morgan fingerprint density at radius 2 is 1.14 bits per heavy atom. The average Bonchev–Trinajstić information content (AvgIpc) is 3.58. The molecular weight excluding hydrogens is 801 g/mol. The number of aromatic nitrogens is 2. The normalized spacial score (nSPS) is 10.7. The number of furan rings is 1. The van der Waals surface area contributed by atoms with E-state index in [0.29, 0.717) is 0 Å². The van der Waals surface area contributed by atoms with Crippen LogP contribution in [0.25, 0.3) is 77.8 Å². The summed E-state index contributed by atoms with van der Waals surface area (Å²) in [6, 6.07) is 64.5. The number of aryl methyl sites for hydroxylation is 1. The largest absolute Gasteiger partial charge is 0.455 e. The van der Waals surface area contributed by atoms with E-state index >= 15 is 0 Å². The molecule has 0 aliphatic heterocycles. The molecule has 9 rings (SSSR count). The van der Waals surface area contributed by atoms with Gasteiger partial charge in [0.2, 0.25) is 0 Å². The third-order valence-electron chi connectivity index (χ3n) is 8.77. The van der Waals surface area contributed by atoms with Gasteiger partial charge in [-0.1, -0.05) is 109 Å². The van der Waals surface area contributed by atoms with Crippen LogP contribution in [0, 0.1) is 19.1 Å². The number of fused-ring (bicyclic) bond motifs is 3. The summed E-state index contributed by atoms with van der Waals surface area (Å²) in [7, 11) is 0. The molecule has 9 aromatic rings. The number of benzene rings is 6. The monoisotopic (exact) mass is 833 g/mol. The molecule has 0 saturated carbocycles. The van der Waals surface area contributed by atoms with Gasteiger partial charge in [-0.3, -0.25) is 0 Å². The third-order valence-corrected chi connectivity index (χ3v) is 8.77. The topological polar surface area (TPSA) is 38.9 Å². The Hall–Kier alpha value is -5.93. The fourth-order valence-corrected chi connectivity index (χ4v) is 6.23. The Bertz CT molecular complexity index is 2520. The number of hydrogen-bond acceptors (Lipinski definition) is 3. The van der Waals surface area contributed by atoms with Crippen molar-refractivity contribution in [1.29, 1.82) is 0 Å². The van der Waals surface area contributed by atoms with Gasteiger partial charge in [-0.05, 0) is 58.8 Å². The van der Waals surface area contributed by atoms with Crippen LogP contribution in [0.1, 0.15) is 5.69 Å². The van der Waals surface area contributed by atoms with Gasteiger partial charge < -0.3 is 14.4 Å². The first-order valence-electron chi connectivity index (χ1n) is 16.6. The van der Waals surface area contributed by atoms with E-state index in [0.717, 1.165) is 66.8 Å². The van der Waals surface area contributed by atoms with Gasteiger partial charge in [-0.25, -0.2) is 0 Å². The molecule has 0 bridgehead atoms. The number of hydrogen-bond donors (Lipinski definition) is 0. The SMILES string of the molecule is Cc1cccc(-c2[c-]cccc2)n1.[Ir].[c-]1ccc(-c2ccc(-c3ccc(-c4cccc5c4oc4ccccc45)cc3)cc2)cc1-c1ccccn1. The molecule has 51 heavy (non-hydrogen) atoms. The van der Waals surface area contributed by atoms with Crippen LogP contribution in [0.3, 0.4) is 0 Å². The molecular formula is C47H32IrN2O-2. The zero-order chi connectivity index (χ0) is 33.7. The van der Waals surface area contributed by atoms with Gasteiger partial charge in [0.1, 0.15) is 11.2 Å². The van der Waals surface area contributed by atoms with Gasteiger partial charge in [0, 0.05) is 48.3 Å². The van der Waals surface area contributed by atoms with Crippen LogP contribution in [-0.4, -0.2) is 9.97 Å².